The lowest BCUT2D eigenvalue weighted by molar-refractivity contribution is -0.141. The minimum absolute atomic E-state index is 0.246. The Bertz CT molecular complexity index is 416. The second-order valence-electron chi connectivity index (χ2n) is 4.34. The van der Waals surface area contributed by atoms with Crippen LogP contribution in [0, 0.1) is 5.92 Å². The maximum atomic E-state index is 10.8. The van der Waals surface area contributed by atoms with Gasteiger partial charge in [0, 0.05) is 23.1 Å². The predicted molar refractivity (Wildman–Crippen MR) is 67.5 cm³/mol. The first kappa shape index (κ1) is 12.7. The largest absolute Gasteiger partial charge is 0.481 e. The van der Waals surface area contributed by atoms with E-state index in [9.17, 15) is 4.79 Å². The molecule has 0 bridgehead atoms. The average molecular weight is 274 g/mol. The van der Waals surface area contributed by atoms with Crippen LogP contribution in [0.3, 0.4) is 0 Å². The van der Waals surface area contributed by atoms with Crippen molar-refractivity contribution in [1.29, 1.82) is 0 Å². The minimum atomic E-state index is -0.711. The number of hydrogen-bond acceptors (Lipinski definition) is 2. The van der Waals surface area contributed by atoms with Gasteiger partial charge in [0.2, 0.25) is 0 Å². The van der Waals surface area contributed by atoms with Gasteiger partial charge in [0.1, 0.15) is 0 Å². The molecule has 1 atom stereocenters. The Morgan fingerprint density at radius 1 is 1.35 bits per heavy atom. The van der Waals surface area contributed by atoms with Gasteiger partial charge in [0.15, 0.2) is 0 Å². The molecule has 1 unspecified atom stereocenters. The average Bonchev–Trinajstić information content (AvgIpc) is 2.64. The second kappa shape index (κ2) is 5.25. The summed E-state index contributed by atoms with van der Waals surface area (Å²) >= 11 is 11.8. The van der Waals surface area contributed by atoms with Gasteiger partial charge in [-0.3, -0.25) is 9.69 Å². The smallest absolute Gasteiger partial charge is 0.307 e. The highest BCUT2D eigenvalue weighted by molar-refractivity contribution is 6.34. The van der Waals surface area contributed by atoms with Gasteiger partial charge in [-0.05, 0) is 36.7 Å². The highest BCUT2D eigenvalue weighted by Crippen LogP contribution is 2.23. The van der Waals surface area contributed by atoms with Crippen LogP contribution in [-0.2, 0) is 11.3 Å². The Hall–Kier alpha value is -0.770. The molecular formula is C12H13Cl2NO2. The third kappa shape index (κ3) is 3.35. The van der Waals surface area contributed by atoms with E-state index >= 15 is 0 Å². The van der Waals surface area contributed by atoms with Crippen LogP contribution in [0.4, 0.5) is 0 Å². The lowest BCUT2D eigenvalue weighted by atomic mass is 10.1. The zero-order chi connectivity index (χ0) is 12.4. The summed E-state index contributed by atoms with van der Waals surface area (Å²) in [5.74, 6) is -0.957. The fourth-order valence-electron chi connectivity index (χ4n) is 2.14. The van der Waals surface area contributed by atoms with Crippen LogP contribution in [-0.4, -0.2) is 29.1 Å². The standard InChI is InChI=1S/C12H13Cl2NO2/c13-10-3-8(4-11(14)5-10)6-15-2-1-9(7-15)12(16)17/h3-5,9H,1-2,6-7H2,(H,16,17). The fraction of sp³-hybridized carbons (Fsp3) is 0.417. The fourth-order valence-corrected chi connectivity index (χ4v) is 2.71. The van der Waals surface area contributed by atoms with Crippen molar-refractivity contribution in [2.45, 2.75) is 13.0 Å². The molecule has 1 aliphatic rings. The molecule has 5 heteroatoms. The van der Waals surface area contributed by atoms with Gasteiger partial charge in [0.25, 0.3) is 0 Å². The number of carbonyl (C=O) groups is 1. The molecule has 1 aromatic carbocycles. The number of benzene rings is 1. The van der Waals surface area contributed by atoms with E-state index in [1.54, 1.807) is 6.07 Å². The third-order valence-electron chi connectivity index (χ3n) is 2.95. The van der Waals surface area contributed by atoms with E-state index in [0.717, 1.165) is 12.1 Å². The number of hydrogen-bond donors (Lipinski definition) is 1. The van der Waals surface area contributed by atoms with E-state index in [4.69, 9.17) is 28.3 Å². The Morgan fingerprint density at radius 2 is 2.00 bits per heavy atom. The number of rotatable bonds is 3. The van der Waals surface area contributed by atoms with Gasteiger partial charge in [-0.1, -0.05) is 23.2 Å². The van der Waals surface area contributed by atoms with Crippen LogP contribution in [0.1, 0.15) is 12.0 Å². The third-order valence-corrected chi connectivity index (χ3v) is 3.39. The highest BCUT2D eigenvalue weighted by atomic mass is 35.5. The summed E-state index contributed by atoms with van der Waals surface area (Å²) in [4.78, 5) is 13.0. The lowest BCUT2D eigenvalue weighted by Crippen LogP contribution is -2.22. The van der Waals surface area contributed by atoms with Crippen LogP contribution >= 0.6 is 23.2 Å². The van der Waals surface area contributed by atoms with Crippen molar-refractivity contribution in [1.82, 2.24) is 4.90 Å². The molecule has 1 fully saturated rings. The zero-order valence-electron chi connectivity index (χ0n) is 9.20. The van der Waals surface area contributed by atoms with E-state index in [-0.39, 0.29) is 5.92 Å². The summed E-state index contributed by atoms with van der Waals surface area (Å²) in [6.07, 6.45) is 0.712. The number of likely N-dealkylation sites (tertiary alicyclic amines) is 1. The van der Waals surface area contributed by atoms with Crippen molar-refractivity contribution in [3.8, 4) is 0 Å². The van der Waals surface area contributed by atoms with Crippen molar-refractivity contribution in [2.75, 3.05) is 13.1 Å². The molecule has 1 saturated heterocycles. The number of halogens is 2. The highest BCUT2D eigenvalue weighted by Gasteiger charge is 2.27. The molecule has 2 rings (SSSR count). The summed E-state index contributed by atoms with van der Waals surface area (Å²) < 4.78 is 0. The molecule has 1 aliphatic heterocycles. The first-order valence-electron chi connectivity index (χ1n) is 5.45. The molecule has 1 heterocycles. The Morgan fingerprint density at radius 3 is 2.53 bits per heavy atom. The van der Waals surface area contributed by atoms with E-state index in [1.807, 2.05) is 12.1 Å². The van der Waals surface area contributed by atoms with Crippen LogP contribution in [0.2, 0.25) is 10.0 Å². The summed E-state index contributed by atoms with van der Waals surface area (Å²) in [6, 6.07) is 5.42. The van der Waals surface area contributed by atoms with Crippen molar-refractivity contribution < 1.29 is 9.90 Å². The maximum absolute atomic E-state index is 10.8. The Balaban J connectivity index is 2.00. The molecule has 0 aromatic heterocycles. The second-order valence-corrected chi connectivity index (χ2v) is 5.21. The molecule has 3 nitrogen and oxygen atoms in total. The van der Waals surface area contributed by atoms with Crippen LogP contribution in [0.25, 0.3) is 0 Å². The van der Waals surface area contributed by atoms with Gasteiger partial charge in [-0.25, -0.2) is 0 Å². The molecule has 0 amide bonds. The van der Waals surface area contributed by atoms with Crippen molar-refractivity contribution in [3.05, 3.63) is 33.8 Å². The molecule has 1 N–H and O–H groups in total. The van der Waals surface area contributed by atoms with Crippen LogP contribution in [0.15, 0.2) is 18.2 Å². The van der Waals surface area contributed by atoms with Gasteiger partial charge < -0.3 is 5.11 Å². The van der Waals surface area contributed by atoms with Crippen molar-refractivity contribution in [2.24, 2.45) is 5.92 Å². The molecule has 1 aromatic rings. The first-order chi connectivity index (χ1) is 8.04. The molecule has 0 radical (unpaired) electrons. The zero-order valence-corrected chi connectivity index (χ0v) is 10.7. The molecule has 0 aliphatic carbocycles. The number of nitrogens with zero attached hydrogens (tertiary/aromatic N) is 1. The van der Waals surface area contributed by atoms with Gasteiger partial charge in [-0.15, -0.1) is 0 Å². The van der Waals surface area contributed by atoms with E-state index in [2.05, 4.69) is 4.90 Å². The lowest BCUT2D eigenvalue weighted by Gasteiger charge is -2.15. The van der Waals surface area contributed by atoms with E-state index < -0.39 is 5.97 Å². The SMILES string of the molecule is O=C(O)C1CCN(Cc2cc(Cl)cc(Cl)c2)C1. The number of carboxylic acids is 1. The molecular weight excluding hydrogens is 261 g/mol. The number of carboxylic acid groups (broad SMARTS) is 1. The maximum Gasteiger partial charge on any atom is 0.307 e. The van der Waals surface area contributed by atoms with E-state index in [0.29, 0.717) is 29.6 Å². The molecule has 92 valence electrons. The molecule has 0 spiro atoms. The molecule has 17 heavy (non-hydrogen) atoms. The minimum Gasteiger partial charge on any atom is -0.481 e. The molecule has 0 saturated carbocycles. The van der Waals surface area contributed by atoms with Crippen molar-refractivity contribution >= 4 is 29.2 Å². The monoisotopic (exact) mass is 273 g/mol. The van der Waals surface area contributed by atoms with Gasteiger partial charge in [0.05, 0.1) is 5.92 Å². The quantitative estimate of drug-likeness (QED) is 0.921. The van der Waals surface area contributed by atoms with Gasteiger partial charge >= 0.3 is 5.97 Å². The summed E-state index contributed by atoms with van der Waals surface area (Å²) in [5.41, 5.74) is 1.02. The topological polar surface area (TPSA) is 40.5 Å². The Labute approximate surface area is 110 Å². The summed E-state index contributed by atoms with van der Waals surface area (Å²) in [5, 5.41) is 10.1. The van der Waals surface area contributed by atoms with Crippen LogP contribution < -0.4 is 0 Å². The van der Waals surface area contributed by atoms with E-state index in [1.165, 1.54) is 0 Å². The predicted octanol–water partition coefficient (Wildman–Crippen LogP) is 2.90. The van der Waals surface area contributed by atoms with Crippen molar-refractivity contribution in [3.63, 3.8) is 0 Å². The number of aliphatic carboxylic acids is 1. The first-order valence-corrected chi connectivity index (χ1v) is 6.20. The Kier molecular flexibility index (Phi) is 3.92. The van der Waals surface area contributed by atoms with Gasteiger partial charge in [-0.2, -0.15) is 0 Å². The normalized spacial score (nSPS) is 20.7. The van der Waals surface area contributed by atoms with Crippen LogP contribution in [0.5, 0.6) is 0 Å². The summed E-state index contributed by atoms with van der Waals surface area (Å²) in [7, 11) is 0. The summed E-state index contributed by atoms with van der Waals surface area (Å²) in [6.45, 7) is 2.10.